The van der Waals surface area contributed by atoms with Crippen molar-refractivity contribution in [3.05, 3.63) is 71.3 Å². The maximum atomic E-state index is 12.4. The number of carbonyl (C=O) groups excluding carboxylic acids is 1. The summed E-state index contributed by atoms with van der Waals surface area (Å²) in [6.45, 7) is 6.13. The Morgan fingerprint density at radius 2 is 1.62 bits per heavy atom. The van der Waals surface area contributed by atoms with E-state index in [4.69, 9.17) is 0 Å². The SMILES string of the molecule is CC(NC(=O)Cc1ccccc1C(=O)O)C(C)(C)c1ccccc1. The molecule has 0 bridgehead atoms. The molecule has 24 heavy (non-hydrogen) atoms. The molecule has 0 saturated heterocycles. The topological polar surface area (TPSA) is 66.4 Å². The third-order valence-electron chi connectivity index (χ3n) is 4.58. The van der Waals surface area contributed by atoms with Crippen LogP contribution in [0.15, 0.2) is 54.6 Å². The molecule has 4 heteroatoms. The maximum absolute atomic E-state index is 12.4. The summed E-state index contributed by atoms with van der Waals surface area (Å²) in [7, 11) is 0. The first-order valence-electron chi connectivity index (χ1n) is 7.98. The highest BCUT2D eigenvalue weighted by molar-refractivity contribution is 5.91. The third kappa shape index (κ3) is 4.02. The second-order valence-corrected chi connectivity index (χ2v) is 6.52. The van der Waals surface area contributed by atoms with E-state index in [9.17, 15) is 14.7 Å². The lowest BCUT2D eigenvalue weighted by Crippen LogP contribution is -2.46. The van der Waals surface area contributed by atoms with E-state index in [2.05, 4.69) is 19.2 Å². The second-order valence-electron chi connectivity index (χ2n) is 6.52. The van der Waals surface area contributed by atoms with Gasteiger partial charge in [0.05, 0.1) is 12.0 Å². The summed E-state index contributed by atoms with van der Waals surface area (Å²) in [4.78, 5) is 23.6. The summed E-state index contributed by atoms with van der Waals surface area (Å²) in [5, 5.41) is 12.2. The van der Waals surface area contributed by atoms with Crippen molar-refractivity contribution in [2.75, 3.05) is 0 Å². The van der Waals surface area contributed by atoms with Crippen molar-refractivity contribution in [3.8, 4) is 0 Å². The summed E-state index contributed by atoms with van der Waals surface area (Å²) in [5.74, 6) is -1.20. The lowest BCUT2D eigenvalue weighted by atomic mass is 9.78. The summed E-state index contributed by atoms with van der Waals surface area (Å²) >= 11 is 0. The molecule has 0 aliphatic carbocycles. The Kier molecular flexibility index (Phi) is 5.39. The van der Waals surface area contributed by atoms with E-state index in [0.29, 0.717) is 5.56 Å². The van der Waals surface area contributed by atoms with Gasteiger partial charge in [-0.2, -0.15) is 0 Å². The Bertz CT molecular complexity index is 723. The number of benzene rings is 2. The molecule has 0 radical (unpaired) electrons. The monoisotopic (exact) mass is 325 g/mol. The zero-order valence-corrected chi connectivity index (χ0v) is 14.2. The fourth-order valence-electron chi connectivity index (χ4n) is 2.65. The van der Waals surface area contributed by atoms with E-state index in [0.717, 1.165) is 5.56 Å². The molecule has 0 aromatic heterocycles. The van der Waals surface area contributed by atoms with Gasteiger partial charge < -0.3 is 10.4 Å². The van der Waals surface area contributed by atoms with Crippen LogP contribution in [0.1, 0.15) is 42.3 Å². The van der Waals surface area contributed by atoms with E-state index >= 15 is 0 Å². The minimum atomic E-state index is -1.02. The maximum Gasteiger partial charge on any atom is 0.335 e. The van der Waals surface area contributed by atoms with E-state index < -0.39 is 5.97 Å². The number of aromatic carboxylic acids is 1. The summed E-state index contributed by atoms with van der Waals surface area (Å²) in [6.07, 6.45) is 0.0533. The number of rotatable bonds is 6. The van der Waals surface area contributed by atoms with Crippen molar-refractivity contribution >= 4 is 11.9 Å². The van der Waals surface area contributed by atoms with Gasteiger partial charge in [0.15, 0.2) is 0 Å². The van der Waals surface area contributed by atoms with Crippen LogP contribution in [-0.4, -0.2) is 23.0 Å². The number of hydrogen-bond acceptors (Lipinski definition) is 2. The standard InChI is InChI=1S/C20H23NO3/c1-14(20(2,3)16-10-5-4-6-11-16)21-18(22)13-15-9-7-8-12-17(15)19(23)24/h4-12,14H,13H2,1-3H3,(H,21,22)(H,23,24). The Balaban J connectivity index is 2.09. The predicted octanol–water partition coefficient (Wildman–Crippen LogP) is 3.41. The van der Waals surface area contributed by atoms with Crippen LogP contribution in [0.5, 0.6) is 0 Å². The van der Waals surface area contributed by atoms with Crippen molar-refractivity contribution in [1.29, 1.82) is 0 Å². The molecule has 126 valence electrons. The van der Waals surface area contributed by atoms with E-state index in [-0.39, 0.29) is 29.3 Å². The zero-order chi connectivity index (χ0) is 17.7. The quantitative estimate of drug-likeness (QED) is 0.855. The largest absolute Gasteiger partial charge is 0.478 e. The van der Waals surface area contributed by atoms with Gasteiger partial charge in [0, 0.05) is 11.5 Å². The number of carboxylic acid groups (broad SMARTS) is 1. The fourth-order valence-corrected chi connectivity index (χ4v) is 2.65. The first kappa shape index (κ1) is 17.7. The average molecular weight is 325 g/mol. The lowest BCUT2D eigenvalue weighted by Gasteiger charge is -2.33. The number of carbonyl (C=O) groups is 2. The molecule has 0 fully saturated rings. The average Bonchev–Trinajstić information content (AvgIpc) is 2.55. The fraction of sp³-hybridized carbons (Fsp3) is 0.300. The third-order valence-corrected chi connectivity index (χ3v) is 4.58. The summed E-state index contributed by atoms with van der Waals surface area (Å²) in [6, 6.07) is 16.5. The highest BCUT2D eigenvalue weighted by Crippen LogP contribution is 2.26. The van der Waals surface area contributed by atoms with Gasteiger partial charge in [-0.15, -0.1) is 0 Å². The molecule has 2 rings (SSSR count). The van der Waals surface area contributed by atoms with E-state index in [1.54, 1.807) is 18.2 Å². The van der Waals surface area contributed by atoms with Crippen LogP contribution in [0.25, 0.3) is 0 Å². The highest BCUT2D eigenvalue weighted by atomic mass is 16.4. The van der Waals surface area contributed by atoms with E-state index in [1.165, 1.54) is 6.07 Å². The van der Waals surface area contributed by atoms with Crippen LogP contribution >= 0.6 is 0 Å². The van der Waals surface area contributed by atoms with Gasteiger partial charge in [-0.05, 0) is 24.1 Å². The minimum absolute atomic E-state index is 0.0533. The molecule has 0 saturated carbocycles. The Hall–Kier alpha value is -2.62. The van der Waals surface area contributed by atoms with Gasteiger partial charge >= 0.3 is 5.97 Å². The van der Waals surface area contributed by atoms with Crippen LogP contribution in [0, 0.1) is 0 Å². The van der Waals surface area contributed by atoms with Crippen LogP contribution in [-0.2, 0) is 16.6 Å². The van der Waals surface area contributed by atoms with Gasteiger partial charge in [-0.1, -0.05) is 62.4 Å². The van der Waals surface area contributed by atoms with Crippen molar-refractivity contribution in [2.24, 2.45) is 0 Å². The van der Waals surface area contributed by atoms with Crippen LogP contribution in [0.3, 0.4) is 0 Å². The number of carboxylic acids is 1. The van der Waals surface area contributed by atoms with Crippen LogP contribution < -0.4 is 5.32 Å². The first-order valence-corrected chi connectivity index (χ1v) is 7.98. The molecule has 1 amide bonds. The predicted molar refractivity (Wildman–Crippen MR) is 94.2 cm³/mol. The van der Waals surface area contributed by atoms with Gasteiger partial charge in [-0.25, -0.2) is 4.79 Å². The van der Waals surface area contributed by atoms with Crippen LogP contribution in [0.2, 0.25) is 0 Å². The van der Waals surface area contributed by atoms with Gasteiger partial charge in [0.25, 0.3) is 0 Å². The van der Waals surface area contributed by atoms with Gasteiger partial charge in [0.2, 0.25) is 5.91 Å². The molecule has 4 nitrogen and oxygen atoms in total. The summed E-state index contributed by atoms with van der Waals surface area (Å²) < 4.78 is 0. The molecular formula is C20H23NO3. The molecule has 0 aliphatic heterocycles. The molecule has 2 aromatic carbocycles. The molecule has 1 atom stereocenters. The molecule has 2 N–H and O–H groups in total. The van der Waals surface area contributed by atoms with Crippen molar-refractivity contribution in [2.45, 2.75) is 38.6 Å². The number of nitrogens with one attached hydrogen (secondary N) is 1. The molecule has 0 heterocycles. The van der Waals surface area contributed by atoms with Gasteiger partial charge in [0.1, 0.15) is 0 Å². The summed E-state index contributed by atoms with van der Waals surface area (Å²) in [5.41, 5.74) is 1.60. The first-order chi connectivity index (χ1) is 11.3. The Morgan fingerprint density at radius 1 is 1.04 bits per heavy atom. The lowest BCUT2D eigenvalue weighted by molar-refractivity contribution is -0.121. The molecule has 2 aromatic rings. The van der Waals surface area contributed by atoms with Crippen LogP contribution in [0.4, 0.5) is 0 Å². The number of hydrogen-bond donors (Lipinski definition) is 2. The Labute approximate surface area is 142 Å². The van der Waals surface area contributed by atoms with Crippen molar-refractivity contribution in [1.82, 2.24) is 5.32 Å². The molecule has 0 aliphatic rings. The second kappa shape index (κ2) is 7.30. The normalized spacial score (nSPS) is 12.5. The molecular weight excluding hydrogens is 302 g/mol. The van der Waals surface area contributed by atoms with E-state index in [1.807, 2.05) is 37.3 Å². The van der Waals surface area contributed by atoms with Crippen molar-refractivity contribution in [3.63, 3.8) is 0 Å². The minimum Gasteiger partial charge on any atom is -0.478 e. The highest BCUT2D eigenvalue weighted by Gasteiger charge is 2.29. The van der Waals surface area contributed by atoms with Crippen molar-refractivity contribution < 1.29 is 14.7 Å². The smallest absolute Gasteiger partial charge is 0.335 e. The molecule has 0 spiro atoms. The van der Waals surface area contributed by atoms with Gasteiger partial charge in [-0.3, -0.25) is 4.79 Å². The zero-order valence-electron chi connectivity index (χ0n) is 14.2. The Morgan fingerprint density at radius 3 is 2.25 bits per heavy atom. The number of amides is 1. The molecule has 1 unspecified atom stereocenters.